The van der Waals surface area contributed by atoms with Gasteiger partial charge in [0.25, 0.3) is 5.91 Å². The molecule has 1 amide bonds. The lowest BCUT2D eigenvalue weighted by molar-refractivity contribution is -0.127. The van der Waals surface area contributed by atoms with E-state index in [0.29, 0.717) is 11.4 Å². The van der Waals surface area contributed by atoms with Crippen LogP contribution in [0.25, 0.3) is 0 Å². The fourth-order valence-electron chi connectivity index (χ4n) is 1.52. The molecule has 0 aromatic carbocycles. The second-order valence-electron chi connectivity index (χ2n) is 4.63. The minimum Gasteiger partial charge on any atom is -0.479 e. The predicted molar refractivity (Wildman–Crippen MR) is 72.9 cm³/mol. The fraction of sp³-hybridized carbons (Fsp3) is 0.571. The number of aryl methyl sites for hydroxylation is 1. The number of ether oxygens (including phenoxy) is 1. The van der Waals surface area contributed by atoms with Crippen LogP contribution in [-0.4, -0.2) is 28.1 Å². The first-order chi connectivity index (χ1) is 8.97. The molecular weight excluding hydrogens is 244 g/mol. The van der Waals surface area contributed by atoms with Gasteiger partial charge in [-0.2, -0.15) is 0 Å². The smallest absolute Gasteiger partial charge is 0.260 e. The Kier molecular flexibility index (Phi) is 5.76. The fourth-order valence-corrected chi connectivity index (χ4v) is 1.52. The normalized spacial score (nSPS) is 13.7. The number of hydrogen-bond donors (Lipinski definition) is 2. The average molecular weight is 266 g/mol. The third-order valence-electron chi connectivity index (χ3n) is 2.90. The lowest BCUT2D eigenvalue weighted by Crippen LogP contribution is -2.41. The third-order valence-corrected chi connectivity index (χ3v) is 2.90. The van der Waals surface area contributed by atoms with Crippen molar-refractivity contribution >= 4 is 5.91 Å². The summed E-state index contributed by atoms with van der Waals surface area (Å²) in [5.41, 5.74) is 1.25. The van der Waals surface area contributed by atoms with Crippen molar-refractivity contribution in [3.8, 4) is 5.75 Å². The molecule has 0 aliphatic carbocycles. The molecule has 0 bridgehead atoms. The van der Waals surface area contributed by atoms with Gasteiger partial charge in [0.15, 0.2) is 6.10 Å². The van der Waals surface area contributed by atoms with Crippen molar-refractivity contribution in [2.75, 3.05) is 0 Å². The van der Waals surface area contributed by atoms with Crippen molar-refractivity contribution in [1.82, 2.24) is 10.3 Å². The zero-order chi connectivity index (χ0) is 14.4. The van der Waals surface area contributed by atoms with Gasteiger partial charge in [0, 0.05) is 11.7 Å². The van der Waals surface area contributed by atoms with Gasteiger partial charge >= 0.3 is 0 Å². The highest BCUT2D eigenvalue weighted by Crippen LogP contribution is 2.18. The van der Waals surface area contributed by atoms with Gasteiger partial charge in [-0.25, -0.2) is 0 Å². The van der Waals surface area contributed by atoms with Gasteiger partial charge in [0.05, 0.1) is 6.61 Å². The van der Waals surface area contributed by atoms with E-state index in [-0.39, 0.29) is 18.6 Å². The number of carbonyl (C=O) groups is 1. The molecule has 1 heterocycles. The Morgan fingerprint density at radius 2 is 2.16 bits per heavy atom. The number of pyridine rings is 1. The summed E-state index contributed by atoms with van der Waals surface area (Å²) in [5, 5.41) is 12.1. The summed E-state index contributed by atoms with van der Waals surface area (Å²) in [6.07, 6.45) is 0.246. The third kappa shape index (κ3) is 4.52. The molecule has 0 aliphatic heterocycles. The van der Waals surface area contributed by atoms with Crippen LogP contribution in [0.2, 0.25) is 0 Å². The molecule has 1 aromatic rings. The second-order valence-corrected chi connectivity index (χ2v) is 4.63. The van der Waals surface area contributed by atoms with Gasteiger partial charge in [-0.1, -0.05) is 6.92 Å². The number of amides is 1. The molecular formula is C14H22N2O3. The van der Waals surface area contributed by atoms with Crippen LogP contribution in [0.1, 0.15) is 38.6 Å². The first-order valence-electron chi connectivity index (χ1n) is 6.52. The lowest BCUT2D eigenvalue weighted by atomic mass is 10.2. The van der Waals surface area contributed by atoms with Crippen LogP contribution in [0.5, 0.6) is 5.75 Å². The maximum Gasteiger partial charge on any atom is 0.260 e. The van der Waals surface area contributed by atoms with Crippen molar-refractivity contribution < 1.29 is 14.6 Å². The Bertz CT molecular complexity index is 435. The van der Waals surface area contributed by atoms with Gasteiger partial charge in [0.1, 0.15) is 11.4 Å². The summed E-state index contributed by atoms with van der Waals surface area (Å²) < 4.78 is 5.56. The van der Waals surface area contributed by atoms with Gasteiger partial charge in [0.2, 0.25) is 0 Å². The number of aromatic nitrogens is 1. The van der Waals surface area contributed by atoms with Crippen LogP contribution < -0.4 is 10.1 Å². The van der Waals surface area contributed by atoms with E-state index in [1.807, 2.05) is 20.8 Å². The van der Waals surface area contributed by atoms with Crippen molar-refractivity contribution in [3.05, 3.63) is 23.5 Å². The number of rotatable bonds is 6. The van der Waals surface area contributed by atoms with E-state index in [1.54, 1.807) is 19.1 Å². The van der Waals surface area contributed by atoms with Gasteiger partial charge in [-0.15, -0.1) is 0 Å². The molecule has 2 N–H and O–H groups in total. The predicted octanol–water partition coefficient (Wildman–Crippen LogP) is 1.56. The number of nitrogens with zero attached hydrogens (tertiary/aromatic N) is 1. The van der Waals surface area contributed by atoms with E-state index >= 15 is 0 Å². The molecule has 1 aromatic heterocycles. The van der Waals surface area contributed by atoms with E-state index in [1.165, 1.54) is 0 Å². The Morgan fingerprint density at radius 3 is 2.74 bits per heavy atom. The molecule has 106 valence electrons. The summed E-state index contributed by atoms with van der Waals surface area (Å²) in [6, 6.07) is 3.63. The molecule has 5 nitrogen and oxygen atoms in total. The van der Waals surface area contributed by atoms with Crippen molar-refractivity contribution in [3.63, 3.8) is 0 Å². The first-order valence-corrected chi connectivity index (χ1v) is 6.52. The SMILES string of the molecule is CCC(C)NC(=O)C(C)Oc1ccc(C)nc1CO. The molecule has 0 saturated carbocycles. The number of carbonyl (C=O) groups excluding carboxylic acids is 1. The molecule has 1 rings (SSSR count). The second kappa shape index (κ2) is 7.09. The van der Waals surface area contributed by atoms with Crippen LogP contribution >= 0.6 is 0 Å². The molecule has 0 fully saturated rings. The van der Waals surface area contributed by atoms with Crippen LogP contribution in [0.3, 0.4) is 0 Å². The monoisotopic (exact) mass is 266 g/mol. The average Bonchev–Trinajstić information content (AvgIpc) is 2.40. The maximum absolute atomic E-state index is 11.9. The molecule has 2 atom stereocenters. The van der Waals surface area contributed by atoms with E-state index in [9.17, 15) is 9.90 Å². The van der Waals surface area contributed by atoms with E-state index in [0.717, 1.165) is 12.1 Å². The molecule has 0 saturated heterocycles. The highest BCUT2D eigenvalue weighted by molar-refractivity contribution is 5.80. The highest BCUT2D eigenvalue weighted by atomic mass is 16.5. The van der Waals surface area contributed by atoms with Crippen LogP contribution in [0, 0.1) is 6.92 Å². The number of nitrogens with one attached hydrogen (secondary N) is 1. The van der Waals surface area contributed by atoms with Crippen LogP contribution in [0.15, 0.2) is 12.1 Å². The number of hydrogen-bond acceptors (Lipinski definition) is 4. The van der Waals surface area contributed by atoms with E-state index < -0.39 is 6.10 Å². The Balaban J connectivity index is 2.71. The zero-order valence-electron chi connectivity index (χ0n) is 11.9. The minimum absolute atomic E-state index is 0.118. The molecule has 2 unspecified atom stereocenters. The molecule has 0 spiro atoms. The summed E-state index contributed by atoms with van der Waals surface area (Å²) in [6.45, 7) is 7.25. The van der Waals surface area contributed by atoms with Crippen LogP contribution in [0.4, 0.5) is 0 Å². The zero-order valence-corrected chi connectivity index (χ0v) is 11.9. The molecule has 19 heavy (non-hydrogen) atoms. The quantitative estimate of drug-likeness (QED) is 0.819. The van der Waals surface area contributed by atoms with Gasteiger partial charge in [-0.05, 0) is 39.3 Å². The van der Waals surface area contributed by atoms with Gasteiger partial charge in [-0.3, -0.25) is 9.78 Å². The summed E-state index contributed by atoms with van der Waals surface area (Å²) in [7, 11) is 0. The van der Waals surface area contributed by atoms with Crippen LogP contribution in [-0.2, 0) is 11.4 Å². The van der Waals surface area contributed by atoms with E-state index in [4.69, 9.17) is 4.74 Å². The summed E-state index contributed by atoms with van der Waals surface area (Å²) in [5.74, 6) is 0.277. The maximum atomic E-state index is 11.9. The number of aliphatic hydroxyl groups excluding tert-OH is 1. The lowest BCUT2D eigenvalue weighted by Gasteiger charge is -2.18. The Morgan fingerprint density at radius 1 is 1.47 bits per heavy atom. The topological polar surface area (TPSA) is 71.5 Å². The first kappa shape index (κ1) is 15.4. The minimum atomic E-state index is -0.621. The van der Waals surface area contributed by atoms with Crippen molar-refractivity contribution in [1.29, 1.82) is 0 Å². The van der Waals surface area contributed by atoms with Crippen molar-refractivity contribution in [2.24, 2.45) is 0 Å². The molecule has 0 radical (unpaired) electrons. The van der Waals surface area contributed by atoms with Crippen molar-refractivity contribution in [2.45, 2.75) is 52.9 Å². The van der Waals surface area contributed by atoms with Gasteiger partial charge < -0.3 is 15.2 Å². The number of aliphatic hydroxyl groups is 1. The largest absolute Gasteiger partial charge is 0.479 e. The Hall–Kier alpha value is -1.62. The van der Waals surface area contributed by atoms with E-state index in [2.05, 4.69) is 10.3 Å². The summed E-state index contributed by atoms with van der Waals surface area (Å²) in [4.78, 5) is 16.0. The highest BCUT2D eigenvalue weighted by Gasteiger charge is 2.18. The molecule has 0 aliphatic rings. The molecule has 5 heteroatoms. The summed E-state index contributed by atoms with van der Waals surface area (Å²) >= 11 is 0. The Labute approximate surface area is 114 Å². The standard InChI is InChI=1S/C14H22N2O3/c1-5-9(2)16-14(18)11(4)19-13-7-6-10(3)15-12(13)8-17/h6-7,9,11,17H,5,8H2,1-4H3,(H,16,18).